The smallest absolute Gasteiger partial charge is 0.241 e. The van der Waals surface area contributed by atoms with Gasteiger partial charge >= 0.3 is 0 Å². The molecule has 1 amide bonds. The third-order valence-electron chi connectivity index (χ3n) is 3.67. The summed E-state index contributed by atoms with van der Waals surface area (Å²) in [6, 6.07) is 16.5. The van der Waals surface area contributed by atoms with E-state index in [1.54, 1.807) is 18.2 Å². The molecule has 0 bridgehead atoms. The van der Waals surface area contributed by atoms with Crippen molar-refractivity contribution in [3.8, 4) is 6.07 Å². The van der Waals surface area contributed by atoms with Crippen LogP contribution >= 0.6 is 11.6 Å². The van der Waals surface area contributed by atoms with E-state index in [-0.39, 0.29) is 11.9 Å². The second-order valence-electron chi connectivity index (χ2n) is 5.37. The first-order valence-corrected chi connectivity index (χ1v) is 7.63. The standard InChI is InChI=1S/C18H18ClN3O/c1-13(22(2)12-14-6-4-3-5-7-14)18(23)21-16-9-8-15(11-20)17(19)10-16/h3-10,13H,12H2,1-2H3,(H,21,23)/t13-/m0/s1. The molecule has 1 atom stereocenters. The summed E-state index contributed by atoms with van der Waals surface area (Å²) >= 11 is 5.98. The Morgan fingerprint density at radius 3 is 2.61 bits per heavy atom. The Morgan fingerprint density at radius 2 is 2.00 bits per heavy atom. The van der Waals surface area contributed by atoms with Crippen molar-refractivity contribution in [2.45, 2.75) is 19.5 Å². The molecule has 0 fully saturated rings. The lowest BCUT2D eigenvalue weighted by Crippen LogP contribution is -2.39. The van der Waals surface area contributed by atoms with Crippen LogP contribution in [0.4, 0.5) is 5.69 Å². The molecule has 0 saturated carbocycles. The fourth-order valence-electron chi connectivity index (χ4n) is 2.14. The van der Waals surface area contributed by atoms with Crippen LogP contribution in [0.2, 0.25) is 5.02 Å². The van der Waals surface area contributed by atoms with E-state index in [1.807, 2.05) is 55.3 Å². The number of halogens is 1. The fraction of sp³-hybridized carbons (Fsp3) is 0.222. The molecular weight excluding hydrogens is 310 g/mol. The van der Waals surface area contributed by atoms with Crippen LogP contribution in [0.1, 0.15) is 18.1 Å². The first-order valence-electron chi connectivity index (χ1n) is 7.26. The van der Waals surface area contributed by atoms with Gasteiger partial charge in [0.1, 0.15) is 6.07 Å². The SMILES string of the molecule is C[C@@H](C(=O)Nc1ccc(C#N)c(Cl)c1)N(C)Cc1ccccc1. The molecule has 1 N–H and O–H groups in total. The molecule has 0 spiro atoms. The van der Waals surface area contributed by atoms with E-state index < -0.39 is 0 Å². The summed E-state index contributed by atoms with van der Waals surface area (Å²) in [7, 11) is 1.91. The molecule has 0 saturated heterocycles. The van der Waals surface area contributed by atoms with E-state index in [0.717, 1.165) is 5.56 Å². The highest BCUT2D eigenvalue weighted by atomic mass is 35.5. The summed E-state index contributed by atoms with van der Waals surface area (Å²) in [5.41, 5.74) is 2.12. The van der Waals surface area contributed by atoms with Crippen LogP contribution in [0, 0.1) is 11.3 Å². The van der Waals surface area contributed by atoms with Crippen molar-refractivity contribution >= 4 is 23.2 Å². The number of amides is 1. The van der Waals surface area contributed by atoms with E-state index in [4.69, 9.17) is 16.9 Å². The zero-order chi connectivity index (χ0) is 16.8. The number of rotatable bonds is 5. The topological polar surface area (TPSA) is 56.1 Å². The lowest BCUT2D eigenvalue weighted by atomic mass is 10.1. The van der Waals surface area contributed by atoms with E-state index in [1.165, 1.54) is 0 Å². The maximum Gasteiger partial charge on any atom is 0.241 e. The fourth-order valence-corrected chi connectivity index (χ4v) is 2.36. The van der Waals surface area contributed by atoms with Crippen molar-refractivity contribution in [2.75, 3.05) is 12.4 Å². The lowest BCUT2D eigenvalue weighted by molar-refractivity contribution is -0.120. The molecular formula is C18H18ClN3O. The van der Waals surface area contributed by atoms with Crippen LogP contribution in [0.3, 0.4) is 0 Å². The minimum atomic E-state index is -0.301. The van der Waals surface area contributed by atoms with Crippen molar-refractivity contribution in [3.05, 3.63) is 64.7 Å². The van der Waals surface area contributed by atoms with Crippen molar-refractivity contribution in [3.63, 3.8) is 0 Å². The Balaban J connectivity index is 1.99. The van der Waals surface area contributed by atoms with Gasteiger partial charge < -0.3 is 5.32 Å². The molecule has 4 nitrogen and oxygen atoms in total. The Kier molecular flexibility index (Phi) is 5.75. The second kappa shape index (κ2) is 7.77. The maximum absolute atomic E-state index is 12.3. The Hall–Kier alpha value is -2.35. The molecule has 0 aromatic heterocycles. The summed E-state index contributed by atoms with van der Waals surface area (Å²) < 4.78 is 0. The van der Waals surface area contributed by atoms with E-state index in [2.05, 4.69) is 5.32 Å². The number of carbonyl (C=O) groups is 1. The van der Waals surface area contributed by atoms with Gasteiger partial charge in [0.05, 0.1) is 16.6 Å². The van der Waals surface area contributed by atoms with Crippen molar-refractivity contribution in [1.82, 2.24) is 4.90 Å². The number of hydrogen-bond acceptors (Lipinski definition) is 3. The molecule has 2 aromatic rings. The zero-order valence-electron chi connectivity index (χ0n) is 13.1. The Bertz CT molecular complexity index is 725. The van der Waals surface area contributed by atoms with Crippen LogP contribution in [-0.4, -0.2) is 23.9 Å². The minimum Gasteiger partial charge on any atom is -0.325 e. The van der Waals surface area contributed by atoms with Gasteiger partial charge in [-0.2, -0.15) is 5.26 Å². The number of nitrogens with zero attached hydrogens (tertiary/aromatic N) is 2. The number of anilines is 1. The maximum atomic E-state index is 12.3. The van der Waals surface area contributed by atoms with Gasteiger partial charge in [0.2, 0.25) is 5.91 Å². The lowest BCUT2D eigenvalue weighted by Gasteiger charge is -2.24. The molecule has 2 rings (SSSR count). The van der Waals surface area contributed by atoms with Gasteiger partial charge in [0.15, 0.2) is 0 Å². The third kappa shape index (κ3) is 4.56. The third-order valence-corrected chi connectivity index (χ3v) is 3.99. The summed E-state index contributed by atoms with van der Waals surface area (Å²) in [5, 5.41) is 12.0. The summed E-state index contributed by atoms with van der Waals surface area (Å²) in [5.74, 6) is -0.121. The molecule has 0 radical (unpaired) electrons. The van der Waals surface area contributed by atoms with Gasteiger partial charge in [0.25, 0.3) is 0 Å². The van der Waals surface area contributed by atoms with Crippen LogP contribution in [-0.2, 0) is 11.3 Å². The monoisotopic (exact) mass is 327 g/mol. The first-order chi connectivity index (χ1) is 11.0. The quantitative estimate of drug-likeness (QED) is 0.911. The summed E-state index contributed by atoms with van der Waals surface area (Å²) in [6.45, 7) is 2.53. The van der Waals surface area contributed by atoms with Crippen LogP contribution in [0.25, 0.3) is 0 Å². The van der Waals surface area contributed by atoms with Crippen molar-refractivity contribution in [2.24, 2.45) is 0 Å². The number of likely N-dealkylation sites (N-methyl/N-ethyl adjacent to an activating group) is 1. The van der Waals surface area contributed by atoms with Gasteiger partial charge in [-0.05, 0) is 37.7 Å². The predicted octanol–water partition coefficient (Wildman–Crippen LogP) is 3.67. The van der Waals surface area contributed by atoms with Crippen LogP contribution in [0.15, 0.2) is 48.5 Å². The van der Waals surface area contributed by atoms with Gasteiger partial charge in [-0.25, -0.2) is 0 Å². The number of benzene rings is 2. The molecule has 0 unspecified atom stereocenters. The molecule has 2 aromatic carbocycles. The Morgan fingerprint density at radius 1 is 1.30 bits per heavy atom. The molecule has 23 heavy (non-hydrogen) atoms. The largest absolute Gasteiger partial charge is 0.325 e. The van der Waals surface area contributed by atoms with E-state index in [9.17, 15) is 4.79 Å². The average Bonchev–Trinajstić information content (AvgIpc) is 2.55. The Labute approximate surface area is 141 Å². The van der Waals surface area contributed by atoms with Gasteiger partial charge in [0, 0.05) is 12.2 Å². The first kappa shape index (κ1) is 17.0. The molecule has 5 heteroatoms. The molecule has 0 aliphatic carbocycles. The van der Waals surface area contributed by atoms with Gasteiger partial charge in [-0.1, -0.05) is 41.9 Å². The minimum absolute atomic E-state index is 0.121. The molecule has 0 heterocycles. The summed E-state index contributed by atoms with van der Waals surface area (Å²) in [4.78, 5) is 14.3. The molecule has 0 aliphatic rings. The van der Waals surface area contributed by atoms with E-state index >= 15 is 0 Å². The van der Waals surface area contributed by atoms with Crippen molar-refractivity contribution in [1.29, 1.82) is 5.26 Å². The number of nitriles is 1. The van der Waals surface area contributed by atoms with Gasteiger partial charge in [-0.3, -0.25) is 9.69 Å². The normalized spacial score (nSPS) is 11.8. The summed E-state index contributed by atoms with van der Waals surface area (Å²) in [6.07, 6.45) is 0. The highest BCUT2D eigenvalue weighted by molar-refractivity contribution is 6.32. The van der Waals surface area contributed by atoms with Crippen LogP contribution < -0.4 is 5.32 Å². The number of carbonyl (C=O) groups excluding carboxylic acids is 1. The predicted molar refractivity (Wildman–Crippen MR) is 92.2 cm³/mol. The average molecular weight is 328 g/mol. The highest BCUT2D eigenvalue weighted by Crippen LogP contribution is 2.20. The van der Waals surface area contributed by atoms with Crippen molar-refractivity contribution < 1.29 is 4.79 Å². The number of hydrogen-bond donors (Lipinski definition) is 1. The molecule has 118 valence electrons. The number of nitrogens with one attached hydrogen (secondary N) is 1. The van der Waals surface area contributed by atoms with E-state index in [0.29, 0.717) is 22.8 Å². The van der Waals surface area contributed by atoms with Gasteiger partial charge in [-0.15, -0.1) is 0 Å². The zero-order valence-corrected chi connectivity index (χ0v) is 13.8. The second-order valence-corrected chi connectivity index (χ2v) is 5.78. The highest BCUT2D eigenvalue weighted by Gasteiger charge is 2.18. The molecule has 0 aliphatic heterocycles. The van der Waals surface area contributed by atoms with Crippen LogP contribution in [0.5, 0.6) is 0 Å².